The molecule has 0 fully saturated rings. The molecule has 32 heavy (non-hydrogen) atoms. The molecule has 0 saturated heterocycles. The Labute approximate surface area is 189 Å². The molecule has 0 saturated carbocycles. The van der Waals surface area contributed by atoms with Gasteiger partial charge in [-0.15, -0.1) is 0 Å². The number of unbranched alkanes of at least 4 members (excludes halogenated alkanes) is 4. The van der Waals surface area contributed by atoms with E-state index in [0.717, 1.165) is 36.8 Å². The van der Waals surface area contributed by atoms with E-state index in [2.05, 4.69) is 12.2 Å². The van der Waals surface area contributed by atoms with Crippen molar-refractivity contribution in [3.05, 3.63) is 53.3 Å². The van der Waals surface area contributed by atoms with Crippen LogP contribution in [0.3, 0.4) is 0 Å². The molecule has 1 aromatic carbocycles. The number of hydrogen-bond acceptors (Lipinski definition) is 7. The van der Waals surface area contributed by atoms with Crippen molar-refractivity contribution in [2.75, 3.05) is 6.79 Å². The highest BCUT2D eigenvalue weighted by atomic mass is 16.6. The van der Waals surface area contributed by atoms with Crippen molar-refractivity contribution in [1.29, 1.82) is 0 Å². The summed E-state index contributed by atoms with van der Waals surface area (Å²) >= 11 is 0. The number of phenolic OH excluding ortho intramolecular Hbond substituents is 1. The van der Waals surface area contributed by atoms with Gasteiger partial charge in [-0.2, -0.15) is 0 Å². The van der Waals surface area contributed by atoms with Crippen LogP contribution in [0.15, 0.2) is 42.1 Å². The molecular weight excluding hydrogens is 408 g/mol. The first-order valence-electron chi connectivity index (χ1n) is 11.1. The molecular formula is C25H34N2O5. The fourth-order valence-corrected chi connectivity index (χ4v) is 3.43. The molecule has 0 aliphatic carbocycles. The van der Waals surface area contributed by atoms with Gasteiger partial charge in [0.2, 0.25) is 0 Å². The van der Waals surface area contributed by atoms with Gasteiger partial charge in [-0.1, -0.05) is 44.8 Å². The Morgan fingerprint density at radius 1 is 1.22 bits per heavy atom. The maximum atomic E-state index is 12.3. The van der Waals surface area contributed by atoms with Crippen molar-refractivity contribution in [2.24, 2.45) is 5.73 Å². The topological polar surface area (TPSA) is 122 Å². The highest BCUT2D eigenvalue weighted by Crippen LogP contribution is 2.32. The number of ether oxygens (including phenoxy) is 1. The molecule has 1 aromatic rings. The van der Waals surface area contributed by atoms with Gasteiger partial charge in [0.15, 0.2) is 24.1 Å². The monoisotopic (exact) mass is 442 g/mol. The molecule has 1 atom stereocenters. The summed E-state index contributed by atoms with van der Waals surface area (Å²) in [4.78, 5) is 24.4. The van der Waals surface area contributed by atoms with E-state index in [4.69, 9.17) is 15.6 Å². The van der Waals surface area contributed by atoms with Crippen LogP contribution in [0.1, 0.15) is 63.0 Å². The first kappa shape index (κ1) is 25.4. The summed E-state index contributed by atoms with van der Waals surface area (Å²) in [5, 5.41) is 22.3. The van der Waals surface area contributed by atoms with E-state index in [1.165, 1.54) is 12.5 Å². The Morgan fingerprint density at radius 3 is 2.69 bits per heavy atom. The second-order valence-electron chi connectivity index (χ2n) is 7.92. The van der Waals surface area contributed by atoms with E-state index >= 15 is 0 Å². The lowest BCUT2D eigenvalue weighted by molar-refractivity contribution is -0.124. The molecule has 0 radical (unpaired) electrons. The highest BCUT2D eigenvalue weighted by molar-refractivity contribution is 6.06. The predicted molar refractivity (Wildman–Crippen MR) is 125 cm³/mol. The maximum Gasteiger partial charge on any atom is 0.186 e. The number of ketones is 2. The van der Waals surface area contributed by atoms with Gasteiger partial charge >= 0.3 is 0 Å². The van der Waals surface area contributed by atoms with Gasteiger partial charge in [-0.3, -0.25) is 9.59 Å². The summed E-state index contributed by atoms with van der Waals surface area (Å²) in [5.41, 5.74) is 8.12. The molecule has 7 heteroatoms. The number of nitrogens with one attached hydrogen (secondary N) is 1. The molecule has 2 rings (SSSR count). The zero-order chi connectivity index (χ0) is 23.3. The number of nitrogens with two attached hydrogens (primary N) is 1. The number of benzene rings is 1. The lowest BCUT2D eigenvalue weighted by atomic mass is 9.97. The molecule has 5 N–H and O–H groups in total. The van der Waals surface area contributed by atoms with Gasteiger partial charge < -0.3 is 26.0 Å². The third kappa shape index (κ3) is 8.69. The number of Topliss-reactive ketones (excluding diaryl/α,β-unsaturated/α-hetero) is 1. The Hall–Kier alpha value is -2.90. The standard InChI is InChI=1S/C25H34N2O5/c1-2-3-4-5-6-7-21(29)15-22(30)10-9-19-14-24(32-17-28)23(31)13-20(19)12-18-8-11-25(26)27-16-18/h8-11,13-14,16,25,27-28,31H,2-7,12,15,17,26H2,1H3. The third-order valence-electron chi connectivity index (χ3n) is 5.19. The summed E-state index contributed by atoms with van der Waals surface area (Å²) in [6.45, 7) is 1.56. The van der Waals surface area contributed by atoms with Crippen LogP contribution in [0.5, 0.6) is 11.5 Å². The summed E-state index contributed by atoms with van der Waals surface area (Å²) in [6.07, 6.45) is 14.3. The first-order chi connectivity index (χ1) is 15.4. The average molecular weight is 443 g/mol. The molecule has 0 spiro atoms. The predicted octanol–water partition coefficient (Wildman–Crippen LogP) is 3.49. The maximum absolute atomic E-state index is 12.3. The van der Waals surface area contributed by atoms with Crippen LogP contribution in [-0.4, -0.2) is 34.7 Å². The quantitative estimate of drug-likeness (QED) is 0.151. The molecule has 0 aromatic heterocycles. The Morgan fingerprint density at radius 2 is 2.00 bits per heavy atom. The lowest BCUT2D eigenvalue weighted by Gasteiger charge is -2.16. The average Bonchev–Trinajstić information content (AvgIpc) is 2.76. The van der Waals surface area contributed by atoms with Crippen LogP contribution in [0.2, 0.25) is 0 Å². The van der Waals surface area contributed by atoms with Gasteiger partial charge in [-0.25, -0.2) is 0 Å². The third-order valence-corrected chi connectivity index (χ3v) is 5.19. The van der Waals surface area contributed by atoms with Gasteiger partial charge in [0.1, 0.15) is 5.78 Å². The normalized spacial score (nSPS) is 15.5. The van der Waals surface area contributed by atoms with Crippen LogP contribution < -0.4 is 15.8 Å². The summed E-state index contributed by atoms with van der Waals surface area (Å²) < 4.78 is 5.06. The number of aromatic hydroxyl groups is 1. The highest BCUT2D eigenvalue weighted by Gasteiger charge is 2.13. The minimum absolute atomic E-state index is 0.0497. The number of rotatable bonds is 14. The molecule has 174 valence electrons. The number of phenols is 1. The van der Waals surface area contributed by atoms with Crippen molar-refractivity contribution < 1.29 is 24.5 Å². The molecule has 1 aliphatic heterocycles. The Bertz CT molecular complexity index is 873. The van der Waals surface area contributed by atoms with Crippen LogP contribution in [0.25, 0.3) is 6.08 Å². The minimum atomic E-state index is -0.586. The van der Waals surface area contributed by atoms with Crippen molar-refractivity contribution in [1.82, 2.24) is 5.32 Å². The zero-order valence-corrected chi connectivity index (χ0v) is 18.7. The van der Waals surface area contributed by atoms with Gasteiger partial charge in [-0.05, 0) is 53.8 Å². The van der Waals surface area contributed by atoms with Crippen molar-refractivity contribution >= 4 is 17.6 Å². The largest absolute Gasteiger partial charge is 0.504 e. The molecule has 1 heterocycles. The Balaban J connectivity index is 2.06. The number of allylic oxidation sites excluding steroid dienone is 3. The van der Waals surface area contributed by atoms with Gasteiger partial charge in [0.05, 0.1) is 12.6 Å². The Kier molecular flexibility index (Phi) is 10.7. The summed E-state index contributed by atoms with van der Waals surface area (Å²) in [6, 6.07) is 3.10. The second kappa shape index (κ2) is 13.5. The molecule has 1 unspecified atom stereocenters. The van der Waals surface area contributed by atoms with Crippen LogP contribution in [0, 0.1) is 0 Å². The van der Waals surface area contributed by atoms with E-state index in [-0.39, 0.29) is 35.7 Å². The van der Waals surface area contributed by atoms with E-state index < -0.39 is 6.79 Å². The first-order valence-corrected chi connectivity index (χ1v) is 11.1. The smallest absolute Gasteiger partial charge is 0.186 e. The summed E-state index contributed by atoms with van der Waals surface area (Å²) in [5.74, 6) is -0.316. The fourth-order valence-electron chi connectivity index (χ4n) is 3.43. The van der Waals surface area contributed by atoms with Crippen molar-refractivity contribution in [2.45, 2.75) is 64.5 Å². The van der Waals surface area contributed by atoms with Crippen molar-refractivity contribution in [3.8, 4) is 11.5 Å². The van der Waals surface area contributed by atoms with E-state index in [1.54, 1.807) is 24.4 Å². The molecule has 0 bridgehead atoms. The number of hydrogen-bond donors (Lipinski definition) is 4. The van der Waals surface area contributed by atoms with Crippen molar-refractivity contribution in [3.63, 3.8) is 0 Å². The summed E-state index contributed by atoms with van der Waals surface area (Å²) in [7, 11) is 0. The minimum Gasteiger partial charge on any atom is -0.504 e. The van der Waals surface area contributed by atoms with Crippen LogP contribution in [0.4, 0.5) is 0 Å². The van der Waals surface area contributed by atoms with E-state index in [9.17, 15) is 14.7 Å². The van der Waals surface area contributed by atoms with Gasteiger partial charge in [0, 0.05) is 12.6 Å². The van der Waals surface area contributed by atoms with E-state index in [0.29, 0.717) is 18.4 Å². The molecule has 7 nitrogen and oxygen atoms in total. The SMILES string of the molecule is CCCCCCCC(=O)CC(=O)C=Cc1cc(OCO)c(O)cc1CC1=CNC(N)C=C1. The number of dihydropyridines is 1. The van der Waals surface area contributed by atoms with Crippen LogP contribution in [-0.2, 0) is 16.0 Å². The van der Waals surface area contributed by atoms with Gasteiger partial charge in [0.25, 0.3) is 0 Å². The number of carbonyl (C=O) groups is 2. The molecule has 0 amide bonds. The zero-order valence-electron chi connectivity index (χ0n) is 18.7. The molecule has 1 aliphatic rings. The fraction of sp³-hybridized carbons (Fsp3) is 0.440. The van der Waals surface area contributed by atoms with E-state index in [1.807, 2.05) is 12.2 Å². The number of aliphatic hydroxyl groups is 1. The van der Waals surface area contributed by atoms with Crippen LogP contribution >= 0.6 is 0 Å². The number of aliphatic hydroxyl groups excluding tert-OH is 1. The number of carbonyl (C=O) groups excluding carboxylic acids is 2. The lowest BCUT2D eigenvalue weighted by Crippen LogP contribution is -2.33. The second-order valence-corrected chi connectivity index (χ2v) is 7.92.